The van der Waals surface area contributed by atoms with Crippen molar-refractivity contribution in [3.63, 3.8) is 0 Å². The molecule has 0 aliphatic rings. The van der Waals surface area contributed by atoms with Gasteiger partial charge >= 0.3 is 0 Å². The number of halogens is 2. The van der Waals surface area contributed by atoms with Gasteiger partial charge in [-0.15, -0.1) is 0 Å². The van der Waals surface area contributed by atoms with E-state index in [1.807, 2.05) is 42.5 Å². The van der Waals surface area contributed by atoms with Crippen molar-refractivity contribution in [1.82, 2.24) is 25.3 Å². The second-order valence-electron chi connectivity index (χ2n) is 6.55. The van der Waals surface area contributed by atoms with E-state index in [1.54, 1.807) is 24.5 Å². The van der Waals surface area contributed by atoms with Gasteiger partial charge in [0.25, 0.3) is 0 Å². The SMILES string of the molecule is Fc1cccc(Cl)c1Cn1nc(CNCc2ccncc2)c(-c2ccccc2)n1. The Bertz CT molecular complexity index is 1060. The highest BCUT2D eigenvalue weighted by Gasteiger charge is 2.15. The molecule has 0 spiro atoms. The number of pyridine rings is 1. The van der Waals surface area contributed by atoms with Crippen LogP contribution >= 0.6 is 11.6 Å². The van der Waals surface area contributed by atoms with E-state index in [9.17, 15) is 4.39 Å². The van der Waals surface area contributed by atoms with Gasteiger partial charge in [0.15, 0.2) is 0 Å². The molecule has 29 heavy (non-hydrogen) atoms. The largest absolute Gasteiger partial charge is 0.307 e. The maximum atomic E-state index is 14.2. The van der Waals surface area contributed by atoms with Gasteiger partial charge in [-0.05, 0) is 29.8 Å². The van der Waals surface area contributed by atoms with Crippen molar-refractivity contribution in [3.8, 4) is 11.3 Å². The molecule has 146 valence electrons. The van der Waals surface area contributed by atoms with Crippen LogP contribution in [0.15, 0.2) is 73.1 Å². The van der Waals surface area contributed by atoms with Gasteiger partial charge in [-0.2, -0.15) is 15.0 Å². The zero-order valence-corrected chi connectivity index (χ0v) is 16.4. The molecule has 4 rings (SSSR count). The normalized spacial score (nSPS) is 11.0. The Hall–Kier alpha value is -3.09. The number of rotatable bonds is 7. The van der Waals surface area contributed by atoms with Crippen LogP contribution in [0.2, 0.25) is 5.02 Å². The Morgan fingerprint density at radius 3 is 2.45 bits per heavy atom. The minimum Gasteiger partial charge on any atom is -0.307 e. The first-order valence-electron chi connectivity index (χ1n) is 9.22. The summed E-state index contributed by atoms with van der Waals surface area (Å²) in [6.07, 6.45) is 3.53. The molecule has 0 radical (unpaired) electrons. The zero-order valence-electron chi connectivity index (χ0n) is 15.6. The number of nitrogens with one attached hydrogen (secondary N) is 1. The maximum Gasteiger partial charge on any atom is 0.129 e. The van der Waals surface area contributed by atoms with Gasteiger partial charge in [0.1, 0.15) is 17.2 Å². The molecule has 0 aliphatic carbocycles. The molecule has 7 heteroatoms. The lowest BCUT2D eigenvalue weighted by Crippen LogP contribution is -2.14. The molecule has 2 aromatic heterocycles. The number of benzene rings is 2. The minimum atomic E-state index is -0.367. The average Bonchev–Trinajstić information content (AvgIpc) is 3.15. The first kappa shape index (κ1) is 19.2. The van der Waals surface area contributed by atoms with Crippen LogP contribution < -0.4 is 5.32 Å². The van der Waals surface area contributed by atoms with E-state index in [4.69, 9.17) is 11.6 Å². The highest BCUT2D eigenvalue weighted by molar-refractivity contribution is 6.31. The third-order valence-electron chi connectivity index (χ3n) is 4.50. The fourth-order valence-corrected chi connectivity index (χ4v) is 3.27. The number of hydrogen-bond donors (Lipinski definition) is 1. The smallest absolute Gasteiger partial charge is 0.129 e. The lowest BCUT2D eigenvalue weighted by atomic mass is 10.1. The van der Waals surface area contributed by atoms with Gasteiger partial charge in [0, 0.05) is 41.6 Å². The minimum absolute atomic E-state index is 0.162. The van der Waals surface area contributed by atoms with E-state index < -0.39 is 0 Å². The molecule has 0 unspecified atom stereocenters. The number of hydrogen-bond acceptors (Lipinski definition) is 4. The summed E-state index contributed by atoms with van der Waals surface area (Å²) in [5, 5.41) is 13.0. The monoisotopic (exact) mass is 407 g/mol. The standard InChI is InChI=1S/C22H19ClFN5/c23-19-7-4-8-20(24)18(19)15-29-27-21(14-26-13-16-9-11-25-12-10-16)22(28-29)17-5-2-1-3-6-17/h1-12,26H,13-15H2. The van der Waals surface area contributed by atoms with Crippen LogP contribution in [0.3, 0.4) is 0 Å². The quantitative estimate of drug-likeness (QED) is 0.491. The van der Waals surface area contributed by atoms with Crippen molar-refractivity contribution in [2.75, 3.05) is 0 Å². The van der Waals surface area contributed by atoms with E-state index in [1.165, 1.54) is 10.9 Å². The lowest BCUT2D eigenvalue weighted by molar-refractivity contribution is 0.543. The third-order valence-corrected chi connectivity index (χ3v) is 4.86. The summed E-state index contributed by atoms with van der Waals surface area (Å²) in [6, 6.07) is 18.4. The van der Waals surface area contributed by atoms with E-state index in [0.29, 0.717) is 23.7 Å². The Kier molecular flexibility index (Phi) is 5.93. The molecule has 2 aromatic carbocycles. The molecule has 0 amide bonds. The number of aromatic nitrogens is 4. The first-order valence-corrected chi connectivity index (χ1v) is 9.60. The van der Waals surface area contributed by atoms with E-state index in [2.05, 4.69) is 20.5 Å². The predicted molar refractivity (Wildman–Crippen MR) is 111 cm³/mol. The lowest BCUT2D eigenvalue weighted by Gasteiger charge is -2.05. The van der Waals surface area contributed by atoms with Gasteiger partial charge in [-0.3, -0.25) is 4.98 Å². The van der Waals surface area contributed by atoms with Crippen LogP contribution in [0.25, 0.3) is 11.3 Å². The molecule has 0 saturated heterocycles. The second-order valence-corrected chi connectivity index (χ2v) is 6.96. The Morgan fingerprint density at radius 2 is 1.69 bits per heavy atom. The van der Waals surface area contributed by atoms with Crippen molar-refractivity contribution in [1.29, 1.82) is 0 Å². The summed E-state index contributed by atoms with van der Waals surface area (Å²) in [5.41, 5.74) is 4.02. The topological polar surface area (TPSA) is 55.6 Å². The van der Waals surface area contributed by atoms with E-state index in [0.717, 1.165) is 22.5 Å². The molecule has 1 N–H and O–H groups in total. The van der Waals surface area contributed by atoms with Gasteiger partial charge in [-0.25, -0.2) is 4.39 Å². The zero-order chi connectivity index (χ0) is 20.1. The second kappa shape index (κ2) is 8.94. The fourth-order valence-electron chi connectivity index (χ4n) is 3.04. The maximum absolute atomic E-state index is 14.2. The van der Waals surface area contributed by atoms with Gasteiger partial charge in [-0.1, -0.05) is 48.0 Å². The van der Waals surface area contributed by atoms with Gasteiger partial charge in [0.2, 0.25) is 0 Å². The van der Waals surface area contributed by atoms with Crippen molar-refractivity contribution >= 4 is 11.6 Å². The molecule has 0 atom stereocenters. The van der Waals surface area contributed by atoms with Crippen LogP contribution in [0.5, 0.6) is 0 Å². The first-order chi connectivity index (χ1) is 14.2. The number of nitrogens with zero attached hydrogens (tertiary/aromatic N) is 4. The highest BCUT2D eigenvalue weighted by Crippen LogP contribution is 2.23. The van der Waals surface area contributed by atoms with Crippen LogP contribution in [0.4, 0.5) is 4.39 Å². The van der Waals surface area contributed by atoms with E-state index in [-0.39, 0.29) is 12.4 Å². The van der Waals surface area contributed by atoms with Crippen LogP contribution in [-0.4, -0.2) is 20.0 Å². The fraction of sp³-hybridized carbons (Fsp3) is 0.136. The molecular weight excluding hydrogens is 389 g/mol. The van der Waals surface area contributed by atoms with Crippen molar-refractivity contribution in [2.24, 2.45) is 0 Å². The van der Waals surface area contributed by atoms with Crippen molar-refractivity contribution < 1.29 is 4.39 Å². The predicted octanol–water partition coefficient (Wildman–Crippen LogP) is 4.47. The van der Waals surface area contributed by atoms with Crippen molar-refractivity contribution in [2.45, 2.75) is 19.6 Å². The molecule has 2 heterocycles. The Labute approximate surface area is 173 Å². The summed E-state index contributed by atoms with van der Waals surface area (Å²) < 4.78 is 14.2. The van der Waals surface area contributed by atoms with Crippen molar-refractivity contribution in [3.05, 3.63) is 101 Å². The van der Waals surface area contributed by atoms with E-state index >= 15 is 0 Å². The molecule has 5 nitrogen and oxygen atoms in total. The summed E-state index contributed by atoms with van der Waals surface area (Å²) >= 11 is 6.17. The van der Waals surface area contributed by atoms with Crippen LogP contribution in [0.1, 0.15) is 16.8 Å². The molecule has 0 saturated carbocycles. The summed E-state index contributed by atoms with van der Waals surface area (Å²) in [6.45, 7) is 1.37. The Morgan fingerprint density at radius 1 is 0.897 bits per heavy atom. The third kappa shape index (κ3) is 4.67. The molecule has 0 bridgehead atoms. The molecule has 0 fully saturated rings. The highest BCUT2D eigenvalue weighted by atomic mass is 35.5. The van der Waals surface area contributed by atoms with Gasteiger partial charge in [0.05, 0.1) is 6.54 Å². The molecule has 4 aromatic rings. The Balaban J connectivity index is 1.59. The summed E-state index contributed by atoms with van der Waals surface area (Å²) in [5.74, 6) is -0.367. The van der Waals surface area contributed by atoms with Crippen LogP contribution in [0, 0.1) is 5.82 Å². The average molecular weight is 408 g/mol. The summed E-state index contributed by atoms with van der Waals surface area (Å²) in [4.78, 5) is 5.52. The summed E-state index contributed by atoms with van der Waals surface area (Å²) in [7, 11) is 0. The molecular formula is C22H19ClFN5. The van der Waals surface area contributed by atoms with Gasteiger partial charge < -0.3 is 5.32 Å². The molecule has 0 aliphatic heterocycles. The van der Waals surface area contributed by atoms with Crippen LogP contribution in [-0.2, 0) is 19.6 Å².